The highest BCUT2D eigenvalue weighted by Crippen LogP contribution is 2.45. The van der Waals surface area contributed by atoms with Crippen molar-refractivity contribution in [3.8, 4) is 0 Å². The Morgan fingerprint density at radius 2 is 1.97 bits per heavy atom. The molecule has 3 aromatic rings. The highest BCUT2D eigenvalue weighted by molar-refractivity contribution is 7.98. The number of fused-ring (bicyclic) bond motifs is 1. The summed E-state index contributed by atoms with van der Waals surface area (Å²) in [4.78, 5) is 17.9. The minimum Gasteiger partial charge on any atom is -0.328 e. The summed E-state index contributed by atoms with van der Waals surface area (Å²) < 4.78 is 15.8. The number of allylic oxidation sites excluding steroid dienone is 2. The Labute approximate surface area is 184 Å². The summed E-state index contributed by atoms with van der Waals surface area (Å²) in [6.45, 7) is 4.18. The molecule has 7 heteroatoms. The minimum atomic E-state index is -0.482. The standard InChI is InChI=1S/C24H23FN4OS/c1-24(2)12-18-20(19(30)13-24)21(16-9-6-10-17(25)11-16)29-22(26-18)27-23(28-29)31-14-15-7-4-3-5-8-15/h3-11,21H,12-14H2,1-2H3,(H,26,27,28). The van der Waals surface area contributed by atoms with Crippen molar-refractivity contribution < 1.29 is 9.18 Å². The SMILES string of the molecule is CC1(C)CC(=O)C2=C(C1)Nc1nc(SCc3ccccc3)nn1C2c1cccc(F)c1. The monoisotopic (exact) mass is 434 g/mol. The molecule has 1 unspecified atom stereocenters. The number of ketones is 1. The first kappa shape index (κ1) is 20.0. The van der Waals surface area contributed by atoms with Crippen molar-refractivity contribution in [2.45, 2.75) is 43.6 Å². The molecular weight excluding hydrogens is 411 g/mol. The summed E-state index contributed by atoms with van der Waals surface area (Å²) >= 11 is 1.54. The van der Waals surface area contributed by atoms with E-state index in [0.717, 1.165) is 17.9 Å². The molecule has 1 atom stereocenters. The maximum atomic E-state index is 14.1. The second-order valence-electron chi connectivity index (χ2n) is 8.85. The van der Waals surface area contributed by atoms with E-state index >= 15 is 0 Å². The topological polar surface area (TPSA) is 59.8 Å². The van der Waals surface area contributed by atoms with Crippen LogP contribution >= 0.6 is 11.8 Å². The van der Waals surface area contributed by atoms with Gasteiger partial charge in [0.25, 0.3) is 0 Å². The largest absolute Gasteiger partial charge is 0.328 e. The number of carbonyl (C=O) groups excluding carboxylic acids is 1. The number of hydrogen-bond donors (Lipinski definition) is 1. The first-order valence-electron chi connectivity index (χ1n) is 10.3. The summed E-state index contributed by atoms with van der Waals surface area (Å²) in [6, 6.07) is 16.1. The van der Waals surface area contributed by atoms with Crippen molar-refractivity contribution in [3.63, 3.8) is 0 Å². The lowest BCUT2D eigenvalue weighted by Gasteiger charge is -2.38. The zero-order valence-electron chi connectivity index (χ0n) is 17.4. The van der Waals surface area contributed by atoms with Crippen molar-refractivity contribution >= 4 is 23.5 Å². The predicted molar refractivity (Wildman–Crippen MR) is 119 cm³/mol. The second-order valence-corrected chi connectivity index (χ2v) is 9.80. The van der Waals surface area contributed by atoms with Crippen molar-refractivity contribution in [1.29, 1.82) is 0 Å². The number of Topliss-reactive ketones (excluding diaryl/α,β-unsaturated/α-hetero) is 1. The van der Waals surface area contributed by atoms with Crippen LogP contribution in [0.5, 0.6) is 0 Å². The lowest BCUT2D eigenvalue weighted by molar-refractivity contribution is -0.118. The van der Waals surface area contributed by atoms with E-state index in [4.69, 9.17) is 10.1 Å². The Kier molecular flexibility index (Phi) is 4.93. The van der Waals surface area contributed by atoms with Crippen molar-refractivity contribution in [2.75, 3.05) is 5.32 Å². The fraction of sp³-hybridized carbons (Fsp3) is 0.292. The summed E-state index contributed by atoms with van der Waals surface area (Å²) in [5.41, 5.74) is 3.29. The molecule has 0 amide bonds. The van der Waals surface area contributed by atoms with Crippen molar-refractivity contribution in [2.24, 2.45) is 5.41 Å². The molecule has 5 rings (SSSR count). The van der Waals surface area contributed by atoms with Gasteiger partial charge >= 0.3 is 0 Å². The van der Waals surface area contributed by atoms with E-state index in [-0.39, 0.29) is 17.0 Å². The molecular formula is C24H23FN4OS. The fourth-order valence-corrected chi connectivity index (χ4v) is 5.14. The number of carbonyl (C=O) groups is 1. The Morgan fingerprint density at radius 3 is 2.74 bits per heavy atom. The Hall–Kier alpha value is -2.93. The minimum absolute atomic E-state index is 0.0765. The first-order chi connectivity index (χ1) is 14.9. The predicted octanol–water partition coefficient (Wildman–Crippen LogP) is 5.37. The molecule has 158 valence electrons. The Bertz CT molecular complexity index is 1190. The van der Waals surface area contributed by atoms with Gasteiger partial charge in [0.05, 0.1) is 0 Å². The number of thioether (sulfide) groups is 1. The third-order valence-electron chi connectivity index (χ3n) is 5.69. The van der Waals surface area contributed by atoms with Crippen LogP contribution in [0, 0.1) is 11.2 Å². The van der Waals surface area contributed by atoms with Crippen molar-refractivity contribution in [1.82, 2.24) is 14.8 Å². The van der Waals surface area contributed by atoms with Gasteiger partial charge in [0.2, 0.25) is 11.1 Å². The van der Waals surface area contributed by atoms with Gasteiger partial charge in [-0.2, -0.15) is 4.98 Å². The zero-order valence-corrected chi connectivity index (χ0v) is 18.2. The zero-order chi connectivity index (χ0) is 21.6. The molecule has 0 bridgehead atoms. The van der Waals surface area contributed by atoms with Crippen LogP contribution in [0.2, 0.25) is 0 Å². The van der Waals surface area contributed by atoms with Crippen LogP contribution in [0.3, 0.4) is 0 Å². The summed E-state index contributed by atoms with van der Waals surface area (Å²) in [5, 5.41) is 8.70. The number of rotatable bonds is 4. The average molecular weight is 435 g/mol. The van der Waals surface area contributed by atoms with Crippen LogP contribution in [0.15, 0.2) is 71.0 Å². The molecule has 2 aliphatic rings. The van der Waals surface area contributed by atoms with E-state index in [9.17, 15) is 9.18 Å². The number of nitrogens with zero attached hydrogens (tertiary/aromatic N) is 3. The molecule has 0 spiro atoms. The van der Waals surface area contributed by atoms with Crippen molar-refractivity contribution in [3.05, 3.63) is 82.8 Å². The third-order valence-corrected chi connectivity index (χ3v) is 6.60. The van der Waals surface area contributed by atoms with Gasteiger partial charge < -0.3 is 5.32 Å². The highest BCUT2D eigenvalue weighted by Gasteiger charge is 2.41. The maximum Gasteiger partial charge on any atom is 0.227 e. The molecule has 1 aliphatic heterocycles. The molecule has 0 saturated carbocycles. The number of anilines is 1. The second kappa shape index (κ2) is 7.64. The average Bonchev–Trinajstić information content (AvgIpc) is 3.13. The van der Waals surface area contributed by atoms with E-state index in [1.54, 1.807) is 22.5 Å². The quantitative estimate of drug-likeness (QED) is 0.560. The van der Waals surface area contributed by atoms with Crippen LogP contribution < -0.4 is 5.32 Å². The maximum absolute atomic E-state index is 14.1. The van der Waals surface area contributed by atoms with E-state index in [2.05, 4.69) is 31.3 Å². The van der Waals surface area contributed by atoms with Gasteiger partial charge in [0, 0.05) is 23.4 Å². The van der Waals surface area contributed by atoms with Crippen LogP contribution in [-0.4, -0.2) is 20.5 Å². The number of halogens is 1. The number of hydrogen-bond acceptors (Lipinski definition) is 5. The smallest absolute Gasteiger partial charge is 0.227 e. The van der Waals surface area contributed by atoms with Crippen LogP contribution in [0.4, 0.5) is 10.3 Å². The summed E-state index contributed by atoms with van der Waals surface area (Å²) in [7, 11) is 0. The van der Waals surface area contributed by atoms with Gasteiger partial charge in [-0.1, -0.05) is 68.1 Å². The van der Waals surface area contributed by atoms with Gasteiger partial charge in [0.15, 0.2) is 5.78 Å². The Morgan fingerprint density at radius 1 is 1.16 bits per heavy atom. The lowest BCUT2D eigenvalue weighted by Crippen LogP contribution is -2.36. The molecule has 0 saturated heterocycles. The number of benzene rings is 2. The van der Waals surface area contributed by atoms with Crippen LogP contribution in [0.1, 0.15) is 43.9 Å². The molecule has 5 nitrogen and oxygen atoms in total. The molecule has 1 N–H and O–H groups in total. The van der Waals surface area contributed by atoms with Gasteiger partial charge in [-0.05, 0) is 35.1 Å². The van der Waals surface area contributed by atoms with E-state index in [1.807, 2.05) is 24.3 Å². The van der Waals surface area contributed by atoms with Gasteiger partial charge in [-0.3, -0.25) is 4.79 Å². The van der Waals surface area contributed by atoms with Crippen LogP contribution in [0.25, 0.3) is 0 Å². The molecule has 2 heterocycles. The highest BCUT2D eigenvalue weighted by atomic mass is 32.2. The first-order valence-corrected chi connectivity index (χ1v) is 11.3. The fourth-order valence-electron chi connectivity index (χ4n) is 4.36. The molecule has 2 aromatic carbocycles. The molecule has 1 aromatic heterocycles. The van der Waals surface area contributed by atoms with E-state index in [0.29, 0.717) is 28.7 Å². The normalized spacial score (nSPS) is 19.6. The molecule has 31 heavy (non-hydrogen) atoms. The van der Waals surface area contributed by atoms with Crippen LogP contribution in [-0.2, 0) is 10.5 Å². The summed E-state index contributed by atoms with van der Waals surface area (Å²) in [5.74, 6) is 1.08. The molecule has 0 radical (unpaired) electrons. The number of aromatic nitrogens is 3. The summed E-state index contributed by atoms with van der Waals surface area (Å²) in [6.07, 6.45) is 1.19. The third kappa shape index (κ3) is 3.90. The van der Waals surface area contributed by atoms with Gasteiger partial charge in [0.1, 0.15) is 11.9 Å². The lowest BCUT2D eigenvalue weighted by atomic mass is 9.73. The number of nitrogens with one attached hydrogen (secondary N) is 1. The Balaban J connectivity index is 1.55. The van der Waals surface area contributed by atoms with Gasteiger partial charge in [-0.15, -0.1) is 5.10 Å². The molecule has 0 fully saturated rings. The van der Waals surface area contributed by atoms with Gasteiger partial charge in [-0.25, -0.2) is 9.07 Å². The van der Waals surface area contributed by atoms with E-state index in [1.165, 1.54) is 17.7 Å². The van der Waals surface area contributed by atoms with E-state index < -0.39 is 6.04 Å². The molecule has 1 aliphatic carbocycles.